The third-order valence-electron chi connectivity index (χ3n) is 3.82. The predicted octanol–water partition coefficient (Wildman–Crippen LogP) is 2.42. The molecular weight excluding hydrogens is 262 g/mol. The Hall–Kier alpha value is -1.36. The van der Waals surface area contributed by atoms with E-state index in [4.69, 9.17) is 11.6 Å². The van der Waals surface area contributed by atoms with Crippen LogP contribution in [0.15, 0.2) is 12.4 Å². The van der Waals surface area contributed by atoms with E-state index in [0.29, 0.717) is 11.9 Å². The summed E-state index contributed by atoms with van der Waals surface area (Å²) in [4.78, 5) is 6.89. The van der Waals surface area contributed by atoms with Gasteiger partial charge in [0.2, 0.25) is 5.65 Å². The molecule has 6 heteroatoms. The molecule has 1 saturated heterocycles. The quantitative estimate of drug-likeness (QED) is 0.810. The van der Waals surface area contributed by atoms with E-state index in [2.05, 4.69) is 20.1 Å². The highest BCUT2D eigenvalue weighted by Gasteiger charge is 2.25. The Kier molecular flexibility index (Phi) is 3.55. The monoisotopic (exact) mass is 279 g/mol. The Labute approximate surface area is 117 Å². The number of hydrogen-bond acceptors (Lipinski definition) is 4. The average molecular weight is 280 g/mol. The normalized spacial score (nSPS) is 20.1. The molecule has 0 radical (unpaired) electrons. The van der Waals surface area contributed by atoms with Crippen LogP contribution in [0.2, 0.25) is 0 Å². The molecule has 0 spiro atoms. The third-order valence-corrected chi connectivity index (χ3v) is 4.04. The highest BCUT2D eigenvalue weighted by atomic mass is 35.5. The van der Waals surface area contributed by atoms with Crippen LogP contribution >= 0.6 is 11.6 Å². The molecule has 1 aliphatic heterocycles. The van der Waals surface area contributed by atoms with Gasteiger partial charge >= 0.3 is 0 Å². The van der Waals surface area contributed by atoms with Crippen LogP contribution in [0.1, 0.15) is 31.5 Å². The molecular formula is C13H18ClN5. The number of aromatic nitrogens is 4. The zero-order valence-corrected chi connectivity index (χ0v) is 11.8. The molecule has 0 saturated carbocycles. The van der Waals surface area contributed by atoms with Crippen molar-refractivity contribution in [3.05, 3.63) is 18.2 Å². The van der Waals surface area contributed by atoms with Crippen molar-refractivity contribution in [2.24, 2.45) is 0 Å². The van der Waals surface area contributed by atoms with Crippen molar-refractivity contribution in [3.8, 4) is 0 Å². The van der Waals surface area contributed by atoms with Gasteiger partial charge in [0.1, 0.15) is 5.82 Å². The number of anilines is 1. The molecule has 0 aromatic carbocycles. The number of halogens is 1. The molecule has 1 aliphatic rings. The maximum Gasteiger partial charge on any atom is 0.203 e. The Morgan fingerprint density at radius 1 is 1.37 bits per heavy atom. The van der Waals surface area contributed by atoms with E-state index >= 15 is 0 Å². The van der Waals surface area contributed by atoms with Crippen molar-refractivity contribution in [1.82, 2.24) is 19.6 Å². The first-order valence-electron chi connectivity index (χ1n) is 6.80. The summed E-state index contributed by atoms with van der Waals surface area (Å²) in [7, 11) is 0. The molecule has 3 heterocycles. The van der Waals surface area contributed by atoms with E-state index < -0.39 is 0 Å². The summed E-state index contributed by atoms with van der Waals surface area (Å²) in [6, 6.07) is 0.474. The van der Waals surface area contributed by atoms with Crippen LogP contribution in [0.5, 0.6) is 0 Å². The van der Waals surface area contributed by atoms with Crippen molar-refractivity contribution in [2.75, 3.05) is 17.3 Å². The van der Waals surface area contributed by atoms with Crippen LogP contribution in [0.25, 0.3) is 5.65 Å². The minimum atomic E-state index is 0.474. The standard InChI is InChI=1S/C13H18ClN5/c1-10-16-17-13-12(15-7-9-18(10)13)19-8-3-2-4-11(19)5-6-14/h7,9,11H,2-6,8H2,1H3. The van der Waals surface area contributed by atoms with E-state index in [-0.39, 0.29) is 0 Å². The van der Waals surface area contributed by atoms with Crippen molar-refractivity contribution in [2.45, 2.75) is 38.6 Å². The largest absolute Gasteiger partial charge is 0.350 e. The summed E-state index contributed by atoms with van der Waals surface area (Å²) in [5, 5.41) is 8.41. The summed E-state index contributed by atoms with van der Waals surface area (Å²) in [6.07, 6.45) is 8.39. The summed E-state index contributed by atoms with van der Waals surface area (Å²) >= 11 is 5.93. The summed E-state index contributed by atoms with van der Waals surface area (Å²) in [6.45, 7) is 2.98. The first kappa shape index (κ1) is 12.7. The number of piperidine rings is 1. The van der Waals surface area contributed by atoms with E-state index in [1.165, 1.54) is 19.3 Å². The molecule has 3 rings (SSSR count). The second-order valence-electron chi connectivity index (χ2n) is 5.01. The third kappa shape index (κ3) is 2.27. The first-order valence-corrected chi connectivity index (χ1v) is 7.33. The maximum atomic E-state index is 5.93. The molecule has 5 nitrogen and oxygen atoms in total. The van der Waals surface area contributed by atoms with Crippen LogP contribution in [0.3, 0.4) is 0 Å². The number of rotatable bonds is 3. The van der Waals surface area contributed by atoms with E-state index in [1.54, 1.807) is 0 Å². The summed E-state index contributed by atoms with van der Waals surface area (Å²) < 4.78 is 1.99. The molecule has 102 valence electrons. The zero-order chi connectivity index (χ0) is 13.2. The fourth-order valence-corrected chi connectivity index (χ4v) is 3.09. The minimum Gasteiger partial charge on any atom is -0.350 e. The fourth-order valence-electron chi connectivity index (χ4n) is 2.84. The molecule has 1 fully saturated rings. The van der Waals surface area contributed by atoms with Crippen LogP contribution in [0, 0.1) is 6.92 Å². The Morgan fingerprint density at radius 2 is 2.26 bits per heavy atom. The number of alkyl halides is 1. The van der Waals surface area contributed by atoms with Gasteiger partial charge in [-0.1, -0.05) is 0 Å². The zero-order valence-electron chi connectivity index (χ0n) is 11.1. The number of hydrogen-bond donors (Lipinski definition) is 0. The van der Waals surface area contributed by atoms with E-state index in [1.807, 2.05) is 23.7 Å². The van der Waals surface area contributed by atoms with Crippen molar-refractivity contribution in [1.29, 1.82) is 0 Å². The van der Waals surface area contributed by atoms with Crippen LogP contribution in [-0.2, 0) is 0 Å². The minimum absolute atomic E-state index is 0.474. The molecule has 19 heavy (non-hydrogen) atoms. The lowest BCUT2D eigenvalue weighted by Gasteiger charge is -2.36. The van der Waals surface area contributed by atoms with Gasteiger partial charge in [-0.05, 0) is 32.6 Å². The molecule has 0 N–H and O–H groups in total. The smallest absolute Gasteiger partial charge is 0.203 e. The van der Waals surface area contributed by atoms with Crippen LogP contribution < -0.4 is 4.90 Å². The maximum absolute atomic E-state index is 5.93. The second-order valence-corrected chi connectivity index (χ2v) is 5.39. The van der Waals surface area contributed by atoms with Gasteiger partial charge in [0.15, 0.2) is 5.82 Å². The highest BCUT2D eigenvalue weighted by molar-refractivity contribution is 6.17. The van der Waals surface area contributed by atoms with Gasteiger partial charge in [-0.2, -0.15) is 0 Å². The lowest BCUT2D eigenvalue weighted by molar-refractivity contribution is 0.448. The van der Waals surface area contributed by atoms with E-state index in [9.17, 15) is 0 Å². The lowest BCUT2D eigenvalue weighted by Crippen LogP contribution is -2.40. The number of fused-ring (bicyclic) bond motifs is 1. The first-order chi connectivity index (χ1) is 9.31. The molecule has 2 aromatic rings. The fraction of sp³-hybridized carbons (Fsp3) is 0.615. The Bertz CT molecular complexity index is 565. The second kappa shape index (κ2) is 5.33. The van der Waals surface area contributed by atoms with Crippen LogP contribution in [0.4, 0.5) is 5.82 Å². The SMILES string of the molecule is Cc1nnc2c(N3CCCCC3CCCl)nccn12. The molecule has 0 amide bonds. The van der Waals surface area contributed by atoms with Gasteiger partial charge in [-0.25, -0.2) is 4.98 Å². The van der Waals surface area contributed by atoms with Gasteiger partial charge in [0.05, 0.1) is 0 Å². The van der Waals surface area contributed by atoms with Gasteiger partial charge in [0, 0.05) is 30.9 Å². The highest BCUT2D eigenvalue weighted by Crippen LogP contribution is 2.27. The predicted molar refractivity (Wildman–Crippen MR) is 75.8 cm³/mol. The lowest BCUT2D eigenvalue weighted by atomic mass is 10.00. The Morgan fingerprint density at radius 3 is 3.11 bits per heavy atom. The molecule has 0 bridgehead atoms. The van der Waals surface area contributed by atoms with Gasteiger partial charge in [-0.3, -0.25) is 4.40 Å². The molecule has 2 aromatic heterocycles. The van der Waals surface area contributed by atoms with Gasteiger partial charge in [0.25, 0.3) is 0 Å². The topological polar surface area (TPSA) is 46.3 Å². The van der Waals surface area contributed by atoms with Gasteiger partial charge in [-0.15, -0.1) is 21.8 Å². The van der Waals surface area contributed by atoms with Crippen LogP contribution in [-0.4, -0.2) is 38.0 Å². The Balaban J connectivity index is 2.01. The average Bonchev–Trinajstić information content (AvgIpc) is 2.82. The number of aryl methyl sites for hydroxylation is 1. The molecule has 1 unspecified atom stereocenters. The van der Waals surface area contributed by atoms with Crippen molar-refractivity contribution >= 4 is 23.1 Å². The molecule has 1 atom stereocenters. The van der Waals surface area contributed by atoms with Crippen molar-refractivity contribution < 1.29 is 0 Å². The van der Waals surface area contributed by atoms with Gasteiger partial charge < -0.3 is 4.90 Å². The van der Waals surface area contributed by atoms with E-state index in [0.717, 1.165) is 30.3 Å². The van der Waals surface area contributed by atoms with Crippen molar-refractivity contribution in [3.63, 3.8) is 0 Å². The molecule has 0 aliphatic carbocycles. The summed E-state index contributed by atoms with van der Waals surface area (Å²) in [5.74, 6) is 2.53. The number of nitrogens with zero attached hydrogens (tertiary/aromatic N) is 5. The summed E-state index contributed by atoms with van der Waals surface area (Å²) in [5.41, 5.74) is 0.849.